The Labute approximate surface area is 118 Å². The van der Waals surface area contributed by atoms with Crippen LogP contribution in [0.1, 0.15) is 32.1 Å². The van der Waals surface area contributed by atoms with Gasteiger partial charge in [-0.3, -0.25) is 4.18 Å². The quantitative estimate of drug-likeness (QED) is 0.762. The predicted octanol–water partition coefficient (Wildman–Crippen LogP) is -0.184. The molecular weight excluding hydrogens is 310 g/mol. The van der Waals surface area contributed by atoms with E-state index in [0.29, 0.717) is 12.8 Å². The van der Waals surface area contributed by atoms with Gasteiger partial charge in [0.05, 0.1) is 6.61 Å². The first-order valence-electron chi connectivity index (χ1n) is 6.49. The molecule has 8 nitrogen and oxygen atoms in total. The van der Waals surface area contributed by atoms with Crippen LogP contribution in [-0.2, 0) is 33.3 Å². The predicted molar refractivity (Wildman–Crippen MR) is 66.7 cm³/mol. The second-order valence-electron chi connectivity index (χ2n) is 5.76. The fourth-order valence-electron chi connectivity index (χ4n) is 3.83. The third-order valence-electron chi connectivity index (χ3n) is 4.65. The van der Waals surface area contributed by atoms with Gasteiger partial charge in [-0.05, 0) is 31.6 Å². The smallest absolute Gasteiger partial charge is 0.258 e. The van der Waals surface area contributed by atoms with Gasteiger partial charge in [-0.25, -0.2) is 13.5 Å². The molecule has 2 aliphatic carbocycles. The third-order valence-corrected chi connectivity index (χ3v) is 6.03. The van der Waals surface area contributed by atoms with E-state index in [1.165, 1.54) is 0 Å². The molecule has 0 unspecified atom stereocenters. The molecule has 0 aromatic carbocycles. The maximum absolute atomic E-state index is 11.4. The van der Waals surface area contributed by atoms with Crippen LogP contribution in [0.15, 0.2) is 0 Å². The van der Waals surface area contributed by atoms with Crippen LogP contribution in [0.2, 0.25) is 0 Å². The fraction of sp³-hybridized carbons (Fsp3) is 1.00. The van der Waals surface area contributed by atoms with E-state index >= 15 is 0 Å². The zero-order valence-corrected chi connectivity index (χ0v) is 12.4. The lowest BCUT2D eigenvalue weighted by molar-refractivity contribution is -0.0393. The summed E-state index contributed by atoms with van der Waals surface area (Å²) in [5.74, 6) is -0.0831. The maximum Gasteiger partial charge on any atom is 0.400 e. The monoisotopic (exact) mass is 327 g/mol. The van der Waals surface area contributed by atoms with Gasteiger partial charge in [0.2, 0.25) is 0 Å². The lowest BCUT2D eigenvalue weighted by Crippen LogP contribution is -2.47. The van der Waals surface area contributed by atoms with Gasteiger partial charge in [0, 0.05) is 5.41 Å². The summed E-state index contributed by atoms with van der Waals surface area (Å²) in [5, 5.41) is 4.88. The van der Waals surface area contributed by atoms with E-state index in [0.717, 1.165) is 19.3 Å². The first-order chi connectivity index (χ1) is 9.21. The van der Waals surface area contributed by atoms with Crippen LogP contribution in [0, 0.1) is 11.3 Å². The fourth-order valence-corrected chi connectivity index (χ4v) is 5.32. The molecule has 1 saturated heterocycles. The number of rotatable bonds is 3. The Bertz CT molecular complexity index is 601. The van der Waals surface area contributed by atoms with Crippen molar-refractivity contribution in [2.24, 2.45) is 16.5 Å². The molecule has 1 heterocycles. The Kier molecular flexibility index (Phi) is 3.39. The Morgan fingerprint density at radius 2 is 2.00 bits per heavy atom. The first kappa shape index (κ1) is 14.7. The average molecular weight is 327 g/mol. The maximum atomic E-state index is 11.4. The molecule has 3 aliphatic rings. The van der Waals surface area contributed by atoms with E-state index in [4.69, 9.17) is 17.7 Å². The van der Waals surface area contributed by atoms with Crippen LogP contribution in [0.4, 0.5) is 0 Å². The normalized spacial score (nSPS) is 43.1. The van der Waals surface area contributed by atoms with Crippen LogP contribution < -0.4 is 5.14 Å². The van der Waals surface area contributed by atoms with Crippen LogP contribution in [-0.4, -0.2) is 35.7 Å². The summed E-state index contributed by atoms with van der Waals surface area (Å²) >= 11 is 0. The van der Waals surface area contributed by atoms with Gasteiger partial charge in [0.1, 0.15) is 12.2 Å². The lowest BCUT2D eigenvalue weighted by Gasteiger charge is -2.42. The Hall–Kier alpha value is -0.260. The molecule has 0 amide bonds. The highest BCUT2D eigenvalue weighted by Gasteiger charge is 2.58. The summed E-state index contributed by atoms with van der Waals surface area (Å²) < 4.78 is 59.6. The van der Waals surface area contributed by atoms with Crippen molar-refractivity contribution >= 4 is 20.7 Å². The van der Waals surface area contributed by atoms with Crippen molar-refractivity contribution in [3.05, 3.63) is 0 Å². The molecule has 0 bridgehead atoms. The topological polar surface area (TPSA) is 122 Å². The standard InChI is InChI=1S/C10H17NO7S2/c11-19(12,13)16-6-10-4-1-2-7(10)9-8(3-5-10)17-20(14,15)18-9/h7-9H,1-6H2,(H2,11,12,13)/t7-,8+,9-,10+/m0/s1. The second kappa shape index (κ2) is 4.62. The molecule has 20 heavy (non-hydrogen) atoms. The minimum absolute atomic E-state index is 0.0247. The molecule has 0 aromatic heterocycles. The van der Waals surface area contributed by atoms with E-state index in [1.54, 1.807) is 0 Å². The van der Waals surface area contributed by atoms with Crippen LogP contribution in [0.5, 0.6) is 0 Å². The van der Waals surface area contributed by atoms with E-state index in [1.807, 2.05) is 0 Å². The third kappa shape index (κ3) is 2.60. The molecule has 1 aliphatic heterocycles. The summed E-state index contributed by atoms with van der Waals surface area (Å²) in [6, 6.07) is 0. The van der Waals surface area contributed by atoms with Gasteiger partial charge in [0.15, 0.2) is 0 Å². The molecular formula is C10H17NO7S2. The first-order valence-corrected chi connectivity index (χ1v) is 9.30. The highest BCUT2D eigenvalue weighted by Crippen LogP contribution is 2.55. The van der Waals surface area contributed by atoms with Crippen molar-refractivity contribution in [3.8, 4) is 0 Å². The molecule has 0 radical (unpaired) electrons. The molecule has 4 atom stereocenters. The minimum atomic E-state index is -4.00. The van der Waals surface area contributed by atoms with Gasteiger partial charge in [0.25, 0.3) is 0 Å². The van der Waals surface area contributed by atoms with Crippen molar-refractivity contribution < 1.29 is 29.4 Å². The summed E-state index contributed by atoms with van der Waals surface area (Å²) in [7, 11) is -7.92. The number of fused-ring (bicyclic) bond motifs is 3. The molecule has 3 fully saturated rings. The Balaban J connectivity index is 1.82. The van der Waals surface area contributed by atoms with Crippen molar-refractivity contribution in [2.75, 3.05) is 6.61 Å². The molecule has 116 valence electrons. The van der Waals surface area contributed by atoms with Crippen molar-refractivity contribution in [2.45, 2.75) is 44.3 Å². The van der Waals surface area contributed by atoms with Gasteiger partial charge in [-0.1, -0.05) is 6.42 Å². The molecule has 2 saturated carbocycles. The van der Waals surface area contributed by atoms with Crippen molar-refractivity contribution in [1.82, 2.24) is 0 Å². The van der Waals surface area contributed by atoms with Crippen LogP contribution in [0.3, 0.4) is 0 Å². The van der Waals surface area contributed by atoms with Crippen LogP contribution >= 0.6 is 0 Å². The summed E-state index contributed by atoms with van der Waals surface area (Å²) in [6.45, 7) is -0.0247. The zero-order chi connectivity index (χ0) is 14.6. The molecule has 2 N–H and O–H groups in total. The van der Waals surface area contributed by atoms with Gasteiger partial charge >= 0.3 is 20.7 Å². The van der Waals surface area contributed by atoms with Gasteiger partial charge in [-0.2, -0.15) is 16.8 Å². The number of hydrogen-bond acceptors (Lipinski definition) is 7. The highest BCUT2D eigenvalue weighted by molar-refractivity contribution is 7.84. The summed E-state index contributed by atoms with van der Waals surface area (Å²) in [4.78, 5) is 0. The second-order valence-corrected chi connectivity index (χ2v) is 8.18. The van der Waals surface area contributed by atoms with E-state index in [9.17, 15) is 16.8 Å². The number of hydrogen-bond donors (Lipinski definition) is 1. The van der Waals surface area contributed by atoms with E-state index in [-0.39, 0.29) is 12.5 Å². The van der Waals surface area contributed by atoms with Gasteiger partial charge < -0.3 is 0 Å². The molecule has 3 rings (SSSR count). The highest BCUT2D eigenvalue weighted by atomic mass is 32.3. The van der Waals surface area contributed by atoms with E-state index < -0.39 is 38.3 Å². The lowest BCUT2D eigenvalue weighted by atomic mass is 9.66. The van der Waals surface area contributed by atoms with Crippen LogP contribution in [0.25, 0.3) is 0 Å². The SMILES string of the molecule is NS(=O)(=O)OC[C@]12CCC[C@H]1[C@@H]1OS(=O)(=O)O[C@@H]1CC2. The summed E-state index contributed by atoms with van der Waals surface area (Å²) in [5.41, 5.74) is -0.392. The molecule has 0 aromatic rings. The average Bonchev–Trinajstić information content (AvgIpc) is 2.85. The Morgan fingerprint density at radius 3 is 2.70 bits per heavy atom. The number of nitrogens with two attached hydrogens (primary N) is 1. The van der Waals surface area contributed by atoms with Crippen molar-refractivity contribution in [1.29, 1.82) is 0 Å². The summed E-state index contributed by atoms with van der Waals surface area (Å²) in [6.07, 6.45) is 2.58. The van der Waals surface area contributed by atoms with E-state index in [2.05, 4.69) is 0 Å². The molecule has 0 spiro atoms. The van der Waals surface area contributed by atoms with Gasteiger partial charge in [-0.15, -0.1) is 0 Å². The minimum Gasteiger partial charge on any atom is -0.258 e. The Morgan fingerprint density at radius 1 is 1.25 bits per heavy atom. The largest absolute Gasteiger partial charge is 0.400 e. The molecule has 10 heteroatoms. The van der Waals surface area contributed by atoms with Crippen molar-refractivity contribution in [3.63, 3.8) is 0 Å². The zero-order valence-electron chi connectivity index (χ0n) is 10.7.